The molecular formula is C23H20N2O5. The maximum absolute atomic E-state index is 12.8. The number of hydrazone groups is 1. The fraction of sp³-hybridized carbons (Fsp3) is 0.174. The highest BCUT2D eigenvalue weighted by Gasteiger charge is 2.35. The molecule has 0 unspecified atom stereocenters. The van der Waals surface area contributed by atoms with E-state index in [4.69, 9.17) is 9.15 Å². The molecule has 2 aromatic carbocycles. The molecule has 7 heteroatoms. The van der Waals surface area contributed by atoms with Crippen molar-refractivity contribution in [2.75, 3.05) is 6.61 Å². The molecule has 0 saturated carbocycles. The van der Waals surface area contributed by atoms with Gasteiger partial charge in [0.05, 0.1) is 12.0 Å². The van der Waals surface area contributed by atoms with E-state index in [1.807, 2.05) is 31.2 Å². The lowest BCUT2D eigenvalue weighted by atomic mass is 10.0. The molecule has 1 atom stereocenters. The topological polar surface area (TPSA) is 92.3 Å². The van der Waals surface area contributed by atoms with E-state index in [0.717, 1.165) is 16.8 Å². The predicted molar refractivity (Wildman–Crippen MR) is 109 cm³/mol. The number of carbonyl (C=O) groups is 2. The number of hydrogen-bond acceptors (Lipinski definition) is 6. The number of ether oxygens (including phenoxy) is 1. The fourth-order valence-electron chi connectivity index (χ4n) is 3.28. The summed E-state index contributed by atoms with van der Waals surface area (Å²) in [6.45, 7) is 1.50. The van der Waals surface area contributed by atoms with E-state index in [-0.39, 0.29) is 11.3 Å². The van der Waals surface area contributed by atoms with Crippen molar-refractivity contribution >= 4 is 17.6 Å². The molecule has 0 fully saturated rings. The third kappa shape index (κ3) is 3.96. The summed E-state index contributed by atoms with van der Waals surface area (Å²) in [7, 11) is 0. The van der Waals surface area contributed by atoms with Crippen LogP contribution >= 0.6 is 0 Å². The lowest BCUT2D eigenvalue weighted by molar-refractivity contribution is -0.136. The fourth-order valence-corrected chi connectivity index (χ4v) is 3.28. The first-order chi connectivity index (χ1) is 14.5. The summed E-state index contributed by atoms with van der Waals surface area (Å²) in [5.74, 6) is -0.870. The molecule has 4 rings (SSSR count). The minimum Gasteiger partial charge on any atom is -0.507 e. The standard InChI is InChI=1S/C23H20N2O5/c1-15-8-10-16(11-9-15)18-13-19(21-7-4-12-29-21)25(24-18)22(27)14-30-23(28)17-5-2-3-6-20(17)26/h2-12,19,26H,13-14H2,1H3/t19-/m1/s1. The van der Waals surface area contributed by atoms with Gasteiger partial charge in [-0.05, 0) is 36.8 Å². The van der Waals surface area contributed by atoms with E-state index in [0.29, 0.717) is 12.2 Å². The van der Waals surface area contributed by atoms with Crippen molar-refractivity contribution in [3.63, 3.8) is 0 Å². The molecule has 30 heavy (non-hydrogen) atoms. The zero-order chi connectivity index (χ0) is 21.1. The highest BCUT2D eigenvalue weighted by molar-refractivity contribution is 6.03. The van der Waals surface area contributed by atoms with Crippen LogP contribution in [-0.2, 0) is 9.53 Å². The zero-order valence-electron chi connectivity index (χ0n) is 16.3. The van der Waals surface area contributed by atoms with Gasteiger partial charge in [-0.15, -0.1) is 0 Å². The van der Waals surface area contributed by atoms with Gasteiger partial charge in [0.15, 0.2) is 6.61 Å². The molecular weight excluding hydrogens is 384 g/mol. The molecule has 0 aliphatic carbocycles. The van der Waals surface area contributed by atoms with Gasteiger partial charge in [0.2, 0.25) is 0 Å². The number of carbonyl (C=O) groups excluding carboxylic acids is 2. The van der Waals surface area contributed by atoms with E-state index in [1.54, 1.807) is 30.5 Å². The lowest BCUT2D eigenvalue weighted by Crippen LogP contribution is -2.31. The van der Waals surface area contributed by atoms with Crippen molar-refractivity contribution in [2.24, 2.45) is 5.10 Å². The van der Waals surface area contributed by atoms with Crippen molar-refractivity contribution in [1.82, 2.24) is 5.01 Å². The molecule has 0 radical (unpaired) electrons. The number of para-hydroxylation sites is 1. The molecule has 0 spiro atoms. The Morgan fingerprint density at radius 1 is 1.13 bits per heavy atom. The van der Waals surface area contributed by atoms with Crippen LogP contribution < -0.4 is 0 Å². The Morgan fingerprint density at radius 3 is 2.60 bits per heavy atom. The molecule has 1 aromatic heterocycles. The number of phenolic OH excluding ortho intramolecular Hbond substituents is 1. The summed E-state index contributed by atoms with van der Waals surface area (Å²) in [4.78, 5) is 25.0. The Kier molecular flexibility index (Phi) is 5.34. The van der Waals surface area contributed by atoms with Crippen molar-refractivity contribution in [3.8, 4) is 5.75 Å². The van der Waals surface area contributed by atoms with Gasteiger partial charge < -0.3 is 14.3 Å². The maximum Gasteiger partial charge on any atom is 0.342 e. The Hall–Kier alpha value is -3.87. The molecule has 1 amide bonds. The second-order valence-corrected chi connectivity index (χ2v) is 6.98. The normalized spacial score (nSPS) is 15.7. The summed E-state index contributed by atoms with van der Waals surface area (Å²) in [5.41, 5.74) is 2.79. The molecule has 1 N–H and O–H groups in total. The molecule has 2 heterocycles. The smallest absolute Gasteiger partial charge is 0.342 e. The van der Waals surface area contributed by atoms with Crippen molar-refractivity contribution in [1.29, 1.82) is 0 Å². The lowest BCUT2D eigenvalue weighted by Gasteiger charge is -2.19. The van der Waals surface area contributed by atoms with Crippen LogP contribution in [0.5, 0.6) is 5.75 Å². The third-order valence-electron chi connectivity index (χ3n) is 4.87. The molecule has 0 saturated heterocycles. The van der Waals surface area contributed by atoms with Crippen LogP contribution in [-0.4, -0.2) is 34.3 Å². The van der Waals surface area contributed by atoms with Gasteiger partial charge >= 0.3 is 5.97 Å². The summed E-state index contributed by atoms with van der Waals surface area (Å²) in [6.07, 6.45) is 2.02. The molecule has 7 nitrogen and oxygen atoms in total. The molecule has 3 aromatic rings. The van der Waals surface area contributed by atoms with E-state index in [9.17, 15) is 14.7 Å². The summed E-state index contributed by atoms with van der Waals surface area (Å²) in [5, 5.41) is 15.6. The Labute approximate surface area is 173 Å². The van der Waals surface area contributed by atoms with E-state index >= 15 is 0 Å². The van der Waals surface area contributed by atoms with Gasteiger partial charge in [-0.1, -0.05) is 42.0 Å². The number of furan rings is 1. The molecule has 1 aliphatic heterocycles. The van der Waals surface area contributed by atoms with Gasteiger partial charge in [0.25, 0.3) is 5.91 Å². The largest absolute Gasteiger partial charge is 0.507 e. The van der Waals surface area contributed by atoms with Gasteiger partial charge in [0, 0.05) is 6.42 Å². The van der Waals surface area contributed by atoms with Crippen molar-refractivity contribution in [2.45, 2.75) is 19.4 Å². The number of phenols is 1. The number of aromatic hydroxyl groups is 1. The highest BCUT2D eigenvalue weighted by Crippen LogP contribution is 2.33. The zero-order valence-corrected chi connectivity index (χ0v) is 16.3. The van der Waals surface area contributed by atoms with Gasteiger partial charge in [0.1, 0.15) is 23.1 Å². The molecule has 1 aliphatic rings. The number of aryl methyl sites for hydroxylation is 1. The number of hydrogen-bond donors (Lipinski definition) is 1. The average Bonchev–Trinajstić information content (AvgIpc) is 3.42. The van der Waals surface area contributed by atoms with Crippen LogP contribution in [0.4, 0.5) is 0 Å². The van der Waals surface area contributed by atoms with Crippen molar-refractivity contribution in [3.05, 3.63) is 89.4 Å². The van der Waals surface area contributed by atoms with Crippen LogP contribution in [0.3, 0.4) is 0 Å². The Morgan fingerprint density at radius 2 is 1.90 bits per heavy atom. The summed E-state index contributed by atoms with van der Waals surface area (Å²) >= 11 is 0. The van der Waals surface area contributed by atoms with Crippen LogP contribution in [0, 0.1) is 6.92 Å². The van der Waals surface area contributed by atoms with Gasteiger partial charge in [-0.3, -0.25) is 4.79 Å². The van der Waals surface area contributed by atoms with Gasteiger partial charge in [-0.25, -0.2) is 9.80 Å². The summed E-state index contributed by atoms with van der Waals surface area (Å²) < 4.78 is 10.6. The first kappa shape index (κ1) is 19.4. The second kappa shape index (κ2) is 8.24. The molecule has 0 bridgehead atoms. The minimum absolute atomic E-state index is 0.00171. The number of esters is 1. The van der Waals surface area contributed by atoms with Crippen LogP contribution in [0.1, 0.15) is 39.7 Å². The number of nitrogens with zero attached hydrogens (tertiary/aromatic N) is 2. The highest BCUT2D eigenvalue weighted by atomic mass is 16.5. The maximum atomic E-state index is 12.8. The van der Waals surface area contributed by atoms with Gasteiger partial charge in [-0.2, -0.15) is 5.10 Å². The average molecular weight is 404 g/mol. The summed E-state index contributed by atoms with van der Waals surface area (Å²) in [6, 6.07) is 17.0. The van der Waals surface area contributed by atoms with Crippen LogP contribution in [0.2, 0.25) is 0 Å². The minimum atomic E-state index is -0.780. The predicted octanol–water partition coefficient (Wildman–Crippen LogP) is 3.83. The monoisotopic (exact) mass is 404 g/mol. The SMILES string of the molecule is Cc1ccc(C2=NN(C(=O)COC(=O)c3ccccc3O)[C@@H](c3ccco3)C2)cc1. The van der Waals surface area contributed by atoms with Crippen LogP contribution in [0.15, 0.2) is 76.4 Å². The van der Waals surface area contributed by atoms with Crippen LogP contribution in [0.25, 0.3) is 0 Å². The third-order valence-corrected chi connectivity index (χ3v) is 4.87. The quantitative estimate of drug-likeness (QED) is 0.653. The number of rotatable bonds is 5. The second-order valence-electron chi connectivity index (χ2n) is 6.98. The molecule has 152 valence electrons. The Balaban J connectivity index is 1.52. The Bertz CT molecular complexity index is 1090. The van der Waals surface area contributed by atoms with E-state index in [2.05, 4.69) is 5.10 Å². The number of amides is 1. The van der Waals surface area contributed by atoms with Crippen molar-refractivity contribution < 1.29 is 23.8 Å². The first-order valence-electron chi connectivity index (χ1n) is 9.48. The van der Waals surface area contributed by atoms with E-state index < -0.39 is 24.5 Å². The van der Waals surface area contributed by atoms with E-state index in [1.165, 1.54) is 17.1 Å². The first-order valence-corrected chi connectivity index (χ1v) is 9.48. The number of benzene rings is 2.